The molecular weight excluding hydrogens is 404 g/mol. The number of carbonyl (C=O) groups is 2. The van der Waals surface area contributed by atoms with E-state index in [0.29, 0.717) is 11.4 Å². The van der Waals surface area contributed by atoms with Gasteiger partial charge in [-0.1, -0.05) is 24.3 Å². The van der Waals surface area contributed by atoms with Crippen molar-refractivity contribution in [3.8, 4) is 16.9 Å². The second-order valence-electron chi connectivity index (χ2n) is 7.32. The highest BCUT2D eigenvalue weighted by atomic mass is 32.2. The molecule has 0 bridgehead atoms. The van der Waals surface area contributed by atoms with Crippen molar-refractivity contribution >= 4 is 27.5 Å². The molecule has 2 amide bonds. The minimum Gasteiger partial charge on any atom is -0.489 e. The topological polar surface area (TPSA) is 92.8 Å². The fourth-order valence-corrected chi connectivity index (χ4v) is 3.61. The Balaban J connectivity index is 2.10. The molecule has 0 aromatic heterocycles. The molecule has 2 rings (SSSR count). The van der Waals surface area contributed by atoms with Crippen LogP contribution in [-0.2, 0) is 19.6 Å². The van der Waals surface area contributed by atoms with Crippen LogP contribution in [0.3, 0.4) is 0 Å². The van der Waals surface area contributed by atoms with Gasteiger partial charge in [0.1, 0.15) is 11.9 Å². The number of sulfonamides is 1. The molecule has 2 aromatic rings. The summed E-state index contributed by atoms with van der Waals surface area (Å²) < 4.78 is 32.0. The first-order valence-corrected chi connectivity index (χ1v) is 11.2. The molecule has 0 fully saturated rings. The van der Waals surface area contributed by atoms with Crippen LogP contribution < -0.4 is 14.4 Å². The Bertz CT molecular complexity index is 986. The number of hydrogen-bond donors (Lipinski definition) is 1. The van der Waals surface area contributed by atoms with Crippen molar-refractivity contribution in [1.82, 2.24) is 4.72 Å². The average Bonchev–Trinajstić information content (AvgIpc) is 2.66. The van der Waals surface area contributed by atoms with Crippen LogP contribution in [0.1, 0.15) is 34.6 Å². The molecule has 30 heavy (non-hydrogen) atoms. The van der Waals surface area contributed by atoms with Gasteiger partial charge in [0.25, 0.3) is 0 Å². The Morgan fingerprint density at radius 3 is 2.10 bits per heavy atom. The van der Waals surface area contributed by atoms with Gasteiger partial charge in [0.2, 0.25) is 21.8 Å². The molecule has 162 valence electrons. The molecule has 0 saturated carbocycles. The van der Waals surface area contributed by atoms with Crippen molar-refractivity contribution in [2.75, 3.05) is 11.4 Å². The van der Waals surface area contributed by atoms with E-state index >= 15 is 0 Å². The molecule has 0 aliphatic heterocycles. The summed E-state index contributed by atoms with van der Waals surface area (Å²) in [5.74, 6) is -0.0730. The highest BCUT2D eigenvalue weighted by Crippen LogP contribution is 2.27. The quantitative estimate of drug-likeness (QED) is 0.691. The highest BCUT2D eigenvalue weighted by Gasteiger charge is 2.18. The van der Waals surface area contributed by atoms with Crippen LogP contribution in [0.5, 0.6) is 5.75 Å². The van der Waals surface area contributed by atoms with Crippen LogP contribution in [0.15, 0.2) is 48.5 Å². The lowest BCUT2D eigenvalue weighted by Gasteiger charge is -2.18. The van der Waals surface area contributed by atoms with Crippen molar-refractivity contribution in [3.05, 3.63) is 48.5 Å². The number of nitrogens with zero attached hydrogens (tertiary/aromatic N) is 1. The second kappa shape index (κ2) is 9.86. The molecule has 0 saturated heterocycles. The maximum absolute atomic E-state index is 11.8. The summed E-state index contributed by atoms with van der Waals surface area (Å²) in [4.78, 5) is 24.7. The van der Waals surface area contributed by atoms with E-state index in [9.17, 15) is 18.0 Å². The fourth-order valence-electron chi connectivity index (χ4n) is 2.81. The van der Waals surface area contributed by atoms with Gasteiger partial charge in [0.05, 0.1) is 10.9 Å². The van der Waals surface area contributed by atoms with Crippen LogP contribution in [0.2, 0.25) is 0 Å². The zero-order valence-electron chi connectivity index (χ0n) is 17.9. The molecule has 1 N–H and O–H groups in total. The van der Waals surface area contributed by atoms with Gasteiger partial charge in [-0.15, -0.1) is 0 Å². The molecule has 0 aliphatic rings. The standard InChI is InChI=1S/C22H28N2O5S/c1-15(2)30(27,28)23-14-16(3)29-22-11-9-19(10-12-22)20-7-6-8-21(13-20)24(17(4)25)18(5)26/h6-13,15-16,23H,14H2,1-5H3. The molecule has 0 heterocycles. The van der Waals surface area contributed by atoms with E-state index < -0.39 is 15.3 Å². The number of imide groups is 1. The van der Waals surface area contributed by atoms with Gasteiger partial charge in [-0.3, -0.25) is 14.5 Å². The normalized spacial score (nSPS) is 12.5. The number of nitrogens with one attached hydrogen (secondary N) is 1. The molecule has 0 radical (unpaired) electrons. The van der Waals surface area contributed by atoms with Gasteiger partial charge in [-0.2, -0.15) is 0 Å². The Morgan fingerprint density at radius 2 is 1.57 bits per heavy atom. The second-order valence-corrected chi connectivity index (χ2v) is 9.64. The van der Waals surface area contributed by atoms with Gasteiger partial charge in [0.15, 0.2) is 0 Å². The van der Waals surface area contributed by atoms with Crippen LogP contribution >= 0.6 is 0 Å². The van der Waals surface area contributed by atoms with E-state index in [1.54, 1.807) is 51.1 Å². The Morgan fingerprint density at radius 1 is 0.967 bits per heavy atom. The number of rotatable bonds is 8. The lowest BCUT2D eigenvalue weighted by Crippen LogP contribution is -2.37. The minimum atomic E-state index is -3.33. The largest absolute Gasteiger partial charge is 0.489 e. The summed E-state index contributed by atoms with van der Waals surface area (Å²) in [7, 11) is -3.33. The van der Waals surface area contributed by atoms with E-state index in [0.717, 1.165) is 16.0 Å². The van der Waals surface area contributed by atoms with Gasteiger partial charge in [0, 0.05) is 20.4 Å². The predicted molar refractivity (Wildman–Crippen MR) is 118 cm³/mol. The highest BCUT2D eigenvalue weighted by molar-refractivity contribution is 7.90. The summed E-state index contributed by atoms with van der Waals surface area (Å²) in [6, 6.07) is 14.5. The molecule has 0 aliphatic carbocycles. The van der Waals surface area contributed by atoms with Crippen LogP contribution in [0, 0.1) is 0 Å². The van der Waals surface area contributed by atoms with E-state index in [-0.39, 0.29) is 24.5 Å². The molecule has 1 unspecified atom stereocenters. The first-order chi connectivity index (χ1) is 14.0. The summed E-state index contributed by atoms with van der Waals surface area (Å²) in [5.41, 5.74) is 2.26. The van der Waals surface area contributed by atoms with Gasteiger partial charge in [-0.25, -0.2) is 13.1 Å². The smallest absolute Gasteiger partial charge is 0.230 e. The first kappa shape index (κ1) is 23.6. The maximum atomic E-state index is 11.8. The van der Waals surface area contributed by atoms with E-state index in [4.69, 9.17) is 4.74 Å². The lowest BCUT2D eigenvalue weighted by molar-refractivity contribution is -0.124. The van der Waals surface area contributed by atoms with Gasteiger partial charge in [-0.05, 0) is 56.2 Å². The minimum absolute atomic E-state index is 0.177. The number of hydrogen-bond acceptors (Lipinski definition) is 5. The third kappa shape index (κ3) is 6.14. The average molecular weight is 433 g/mol. The Kier molecular flexibility index (Phi) is 7.75. The number of amides is 2. The van der Waals surface area contributed by atoms with Crippen molar-refractivity contribution < 1.29 is 22.7 Å². The maximum Gasteiger partial charge on any atom is 0.230 e. The first-order valence-electron chi connectivity index (χ1n) is 9.68. The van der Waals surface area contributed by atoms with Gasteiger partial charge >= 0.3 is 0 Å². The van der Waals surface area contributed by atoms with Crippen molar-refractivity contribution in [2.45, 2.75) is 46.0 Å². The summed E-state index contributed by atoms with van der Waals surface area (Å²) in [6.07, 6.45) is -0.340. The van der Waals surface area contributed by atoms with Crippen molar-refractivity contribution in [3.63, 3.8) is 0 Å². The molecule has 8 heteroatoms. The Hall–Kier alpha value is -2.71. The Labute approximate surface area is 178 Å². The number of benzene rings is 2. The summed E-state index contributed by atoms with van der Waals surface area (Å²) in [5, 5.41) is -0.498. The third-order valence-corrected chi connectivity index (χ3v) is 6.26. The van der Waals surface area contributed by atoms with Crippen molar-refractivity contribution in [1.29, 1.82) is 0 Å². The molecule has 1 atom stereocenters. The zero-order chi connectivity index (χ0) is 22.5. The molecule has 0 spiro atoms. The third-order valence-electron chi connectivity index (χ3n) is 4.45. The summed E-state index contributed by atoms with van der Waals surface area (Å²) in [6.45, 7) is 7.90. The zero-order valence-corrected chi connectivity index (χ0v) is 18.7. The molecule has 2 aromatic carbocycles. The fraction of sp³-hybridized carbons (Fsp3) is 0.364. The van der Waals surface area contributed by atoms with Crippen molar-refractivity contribution in [2.24, 2.45) is 0 Å². The summed E-state index contributed by atoms with van der Waals surface area (Å²) >= 11 is 0. The van der Waals surface area contributed by atoms with Gasteiger partial charge < -0.3 is 4.74 Å². The van der Waals surface area contributed by atoms with E-state index in [2.05, 4.69) is 4.72 Å². The SMILES string of the molecule is CC(=O)N(C(C)=O)c1cccc(-c2ccc(OC(C)CNS(=O)(=O)C(C)C)cc2)c1. The van der Waals surface area contributed by atoms with Crippen LogP contribution in [-0.4, -0.2) is 38.1 Å². The van der Waals surface area contributed by atoms with Crippen LogP contribution in [0.4, 0.5) is 5.69 Å². The molecule has 7 nitrogen and oxygen atoms in total. The van der Waals surface area contributed by atoms with Crippen LogP contribution in [0.25, 0.3) is 11.1 Å². The number of carbonyl (C=O) groups excluding carboxylic acids is 2. The number of anilines is 1. The van der Waals surface area contributed by atoms with E-state index in [1.807, 2.05) is 18.2 Å². The lowest BCUT2D eigenvalue weighted by atomic mass is 10.0. The van der Waals surface area contributed by atoms with E-state index in [1.165, 1.54) is 13.8 Å². The number of ether oxygens (including phenoxy) is 1. The monoisotopic (exact) mass is 432 g/mol. The molecular formula is C22H28N2O5S. The predicted octanol–water partition coefficient (Wildman–Crippen LogP) is 3.35.